The number of hydrogen-bond donors (Lipinski definition) is 4. The van der Waals surface area contributed by atoms with E-state index in [9.17, 15) is 37.9 Å². The van der Waals surface area contributed by atoms with Crippen molar-refractivity contribution in [2.24, 2.45) is 0 Å². The van der Waals surface area contributed by atoms with E-state index < -0.39 is 71.2 Å². The van der Waals surface area contributed by atoms with Crippen molar-refractivity contribution in [2.75, 3.05) is 19.0 Å². The molecule has 0 aromatic heterocycles. The van der Waals surface area contributed by atoms with Gasteiger partial charge in [0.15, 0.2) is 12.4 Å². The van der Waals surface area contributed by atoms with Crippen molar-refractivity contribution in [3.8, 4) is 0 Å². The van der Waals surface area contributed by atoms with E-state index in [1.807, 2.05) is 0 Å². The van der Waals surface area contributed by atoms with Crippen LogP contribution < -0.4 is 0 Å². The van der Waals surface area contributed by atoms with Crippen LogP contribution in [0.15, 0.2) is 24.3 Å². The summed E-state index contributed by atoms with van der Waals surface area (Å²) in [5.41, 5.74) is 0. The van der Waals surface area contributed by atoms with Crippen LogP contribution in [0.25, 0.3) is 0 Å². The fourth-order valence-electron chi connectivity index (χ4n) is 6.90. The molecular weight excluding hydrogens is 765 g/mol. The first-order chi connectivity index (χ1) is 28.0. The second-order valence-electron chi connectivity index (χ2n) is 16.1. The summed E-state index contributed by atoms with van der Waals surface area (Å²) in [7, 11) is -4.60. The Morgan fingerprint density at radius 2 is 0.983 bits per heavy atom. The van der Waals surface area contributed by atoms with Crippen LogP contribution in [0.2, 0.25) is 0 Å². The summed E-state index contributed by atoms with van der Waals surface area (Å²) in [6.45, 7) is 3.73. The van der Waals surface area contributed by atoms with E-state index in [2.05, 4.69) is 38.2 Å². The van der Waals surface area contributed by atoms with Gasteiger partial charge in [-0.1, -0.05) is 141 Å². The molecule has 0 saturated carbocycles. The molecule has 6 atom stereocenters. The molecule has 12 nitrogen and oxygen atoms in total. The second kappa shape index (κ2) is 35.8. The lowest BCUT2D eigenvalue weighted by atomic mass is 10.00. The number of esters is 2. The summed E-state index contributed by atoms with van der Waals surface area (Å²) in [6, 6.07) is 0. The van der Waals surface area contributed by atoms with Crippen molar-refractivity contribution in [3.05, 3.63) is 24.3 Å². The van der Waals surface area contributed by atoms with E-state index in [0.717, 1.165) is 57.8 Å². The smallest absolute Gasteiger partial charge is 0.306 e. The Labute approximate surface area is 351 Å². The first-order valence-electron chi connectivity index (χ1n) is 22.9. The van der Waals surface area contributed by atoms with Crippen LogP contribution in [0, 0.1) is 0 Å². The number of hydrogen-bond acceptors (Lipinski definition) is 11. The minimum Gasteiger partial charge on any atom is -0.462 e. The van der Waals surface area contributed by atoms with Gasteiger partial charge in [-0.05, 0) is 64.2 Å². The van der Waals surface area contributed by atoms with Gasteiger partial charge in [0.05, 0.1) is 6.61 Å². The van der Waals surface area contributed by atoms with Gasteiger partial charge in [-0.15, -0.1) is 0 Å². The van der Waals surface area contributed by atoms with Crippen molar-refractivity contribution >= 4 is 22.1 Å². The predicted octanol–water partition coefficient (Wildman–Crippen LogP) is 9.23. The highest BCUT2D eigenvalue weighted by Crippen LogP contribution is 2.24. The third-order valence-electron chi connectivity index (χ3n) is 10.5. The Balaban J connectivity index is 2.45. The minimum absolute atomic E-state index is 0.160. The maximum atomic E-state index is 12.8. The Morgan fingerprint density at radius 3 is 1.43 bits per heavy atom. The number of aliphatic hydroxyl groups excluding tert-OH is 3. The van der Waals surface area contributed by atoms with Gasteiger partial charge in [-0.25, -0.2) is 0 Å². The standard InChI is InChI=1S/C45H82O12S/c1-3-5-7-9-11-13-15-17-19-21-23-25-27-29-31-33-40(46)54-35-38(36-55-45-44(50)43(49)42(48)39(57-45)37-58(51,52)53)56-41(47)34-32-30-28-26-24-22-20-18-16-14-12-10-8-6-4-2/h13-16,38-39,42-45,48-50H,3-12,17-37H2,1-2H3,(H,51,52,53)/b15-13+,16-14+/t38-,39-,42-,43?,44?,45+/m1/s1. The molecule has 0 amide bonds. The zero-order valence-corrected chi connectivity index (χ0v) is 37.0. The number of allylic oxidation sites excluding steroid dienone is 4. The fourth-order valence-corrected chi connectivity index (χ4v) is 7.59. The van der Waals surface area contributed by atoms with E-state index in [0.29, 0.717) is 12.8 Å². The highest BCUT2D eigenvalue weighted by atomic mass is 32.2. The van der Waals surface area contributed by atoms with Crippen LogP contribution in [0.1, 0.15) is 194 Å². The molecular formula is C45H82O12S. The topological polar surface area (TPSA) is 186 Å². The molecule has 2 unspecified atom stereocenters. The number of rotatable bonds is 38. The summed E-state index contributed by atoms with van der Waals surface area (Å²) >= 11 is 0. The quantitative estimate of drug-likeness (QED) is 0.0200. The number of unbranched alkanes of at least 4 members (excludes halogenated alkanes) is 22. The third kappa shape index (κ3) is 30.2. The summed E-state index contributed by atoms with van der Waals surface area (Å²) in [5, 5.41) is 30.9. The normalized spacial score (nSPS) is 20.6. The molecule has 58 heavy (non-hydrogen) atoms. The fraction of sp³-hybridized carbons (Fsp3) is 0.867. The Kier molecular flexibility index (Phi) is 33.5. The molecule has 1 aliphatic rings. The molecule has 1 saturated heterocycles. The lowest BCUT2D eigenvalue weighted by Gasteiger charge is -2.40. The summed E-state index contributed by atoms with van der Waals surface area (Å²) in [6.07, 6.45) is 29.3. The molecule has 0 bridgehead atoms. The van der Waals surface area contributed by atoms with Gasteiger partial charge >= 0.3 is 11.9 Å². The summed E-state index contributed by atoms with van der Waals surface area (Å²) in [5.74, 6) is -1.99. The number of carbonyl (C=O) groups excluding carboxylic acids is 2. The van der Waals surface area contributed by atoms with Crippen LogP contribution in [0.4, 0.5) is 0 Å². The number of aliphatic hydroxyl groups is 3. The molecule has 1 heterocycles. The number of carbonyl (C=O) groups is 2. The average molecular weight is 847 g/mol. The lowest BCUT2D eigenvalue weighted by molar-refractivity contribution is -0.297. The van der Waals surface area contributed by atoms with Crippen molar-refractivity contribution < 1.29 is 56.8 Å². The first kappa shape index (κ1) is 54.1. The molecule has 0 spiro atoms. The van der Waals surface area contributed by atoms with Crippen molar-refractivity contribution in [1.29, 1.82) is 0 Å². The zero-order chi connectivity index (χ0) is 42.7. The van der Waals surface area contributed by atoms with Gasteiger partial charge in [-0.3, -0.25) is 14.1 Å². The van der Waals surface area contributed by atoms with Crippen LogP contribution in [0.3, 0.4) is 0 Å². The van der Waals surface area contributed by atoms with Gasteiger partial charge in [0.1, 0.15) is 36.8 Å². The molecule has 1 rings (SSSR count). The second-order valence-corrected chi connectivity index (χ2v) is 17.6. The Bertz CT molecular complexity index is 1180. The predicted molar refractivity (Wildman–Crippen MR) is 229 cm³/mol. The highest BCUT2D eigenvalue weighted by molar-refractivity contribution is 7.85. The van der Waals surface area contributed by atoms with Gasteiger partial charge < -0.3 is 34.3 Å². The Hall–Kier alpha value is -1.87. The van der Waals surface area contributed by atoms with Crippen molar-refractivity contribution in [2.45, 2.75) is 230 Å². The molecule has 1 aliphatic heterocycles. The van der Waals surface area contributed by atoms with Gasteiger partial charge in [-0.2, -0.15) is 8.42 Å². The Morgan fingerprint density at radius 1 is 0.569 bits per heavy atom. The zero-order valence-electron chi connectivity index (χ0n) is 36.2. The molecule has 1 fully saturated rings. The summed E-state index contributed by atoms with van der Waals surface area (Å²) < 4.78 is 54.0. The van der Waals surface area contributed by atoms with E-state index >= 15 is 0 Å². The van der Waals surface area contributed by atoms with Crippen molar-refractivity contribution in [3.63, 3.8) is 0 Å². The van der Waals surface area contributed by atoms with E-state index in [-0.39, 0.29) is 19.4 Å². The molecule has 340 valence electrons. The maximum absolute atomic E-state index is 12.8. The lowest BCUT2D eigenvalue weighted by Crippen LogP contribution is -2.60. The molecule has 0 aliphatic carbocycles. The number of ether oxygens (including phenoxy) is 4. The van der Waals surface area contributed by atoms with Crippen LogP contribution in [-0.4, -0.2) is 96.0 Å². The maximum Gasteiger partial charge on any atom is 0.306 e. The largest absolute Gasteiger partial charge is 0.462 e. The van der Waals surface area contributed by atoms with Crippen LogP contribution >= 0.6 is 0 Å². The molecule has 0 aromatic carbocycles. The first-order valence-corrected chi connectivity index (χ1v) is 24.5. The van der Waals surface area contributed by atoms with Gasteiger partial charge in [0.25, 0.3) is 10.1 Å². The third-order valence-corrected chi connectivity index (χ3v) is 11.3. The molecule has 0 radical (unpaired) electrons. The minimum atomic E-state index is -4.60. The van der Waals surface area contributed by atoms with Gasteiger partial charge in [0, 0.05) is 12.8 Å². The SMILES string of the molecule is CCCCCC/C=C/CCCCCCCCCC(=O)OC[C@H](CO[C@H]1O[C@H](CS(=O)(=O)O)[C@@H](O)C(O)C1O)OC(=O)CCCCCCCCC/C=C/CCCCCC. The van der Waals surface area contributed by atoms with Gasteiger partial charge in [0.2, 0.25) is 0 Å². The van der Waals surface area contributed by atoms with Crippen LogP contribution in [-0.2, 0) is 38.7 Å². The van der Waals surface area contributed by atoms with E-state index in [1.54, 1.807) is 0 Å². The van der Waals surface area contributed by atoms with Crippen LogP contribution in [0.5, 0.6) is 0 Å². The van der Waals surface area contributed by atoms with Crippen molar-refractivity contribution in [1.82, 2.24) is 0 Å². The molecule has 13 heteroatoms. The monoisotopic (exact) mass is 847 g/mol. The highest BCUT2D eigenvalue weighted by Gasteiger charge is 2.46. The molecule has 0 aromatic rings. The average Bonchev–Trinajstić information content (AvgIpc) is 3.18. The van der Waals surface area contributed by atoms with E-state index in [1.165, 1.54) is 96.3 Å². The summed E-state index contributed by atoms with van der Waals surface area (Å²) in [4.78, 5) is 25.4. The molecule has 4 N–H and O–H groups in total. The van der Waals surface area contributed by atoms with E-state index in [4.69, 9.17) is 18.9 Å².